The number of ether oxygens (including phenoxy) is 1. The van der Waals surface area contributed by atoms with Crippen LogP contribution in [0.15, 0.2) is 10.5 Å². The molecule has 0 bridgehead atoms. The van der Waals surface area contributed by atoms with Crippen LogP contribution < -0.4 is 4.74 Å². The van der Waals surface area contributed by atoms with Gasteiger partial charge < -0.3 is 9.84 Å². The quantitative estimate of drug-likeness (QED) is 0.932. The van der Waals surface area contributed by atoms with Gasteiger partial charge >= 0.3 is 5.97 Å². The molecule has 0 radical (unpaired) electrons. The van der Waals surface area contributed by atoms with Crippen molar-refractivity contribution < 1.29 is 14.6 Å². The van der Waals surface area contributed by atoms with Gasteiger partial charge in [0.1, 0.15) is 5.75 Å². The van der Waals surface area contributed by atoms with E-state index >= 15 is 0 Å². The Balaban J connectivity index is 1.95. The zero-order valence-electron chi connectivity index (χ0n) is 10.0. The molecule has 1 atom stereocenters. The van der Waals surface area contributed by atoms with Gasteiger partial charge in [-0.2, -0.15) is 0 Å². The third kappa shape index (κ3) is 1.92. The van der Waals surface area contributed by atoms with Crippen LogP contribution in [-0.4, -0.2) is 17.7 Å². The van der Waals surface area contributed by atoms with Crippen molar-refractivity contribution in [3.8, 4) is 5.75 Å². The van der Waals surface area contributed by atoms with Gasteiger partial charge in [-0.05, 0) is 58.3 Å². The van der Waals surface area contributed by atoms with Gasteiger partial charge in [-0.3, -0.25) is 4.79 Å². The lowest BCUT2D eigenvalue weighted by molar-refractivity contribution is -0.137. The van der Waals surface area contributed by atoms with Crippen LogP contribution in [0.4, 0.5) is 0 Å². The molecule has 0 amide bonds. The van der Waals surface area contributed by atoms with Crippen LogP contribution in [0.3, 0.4) is 0 Å². The zero-order valence-corrected chi connectivity index (χ0v) is 11.6. The molecular formula is C14H15BrO3. The smallest absolute Gasteiger partial charge is 0.303 e. The predicted molar refractivity (Wildman–Crippen MR) is 71.3 cm³/mol. The molecule has 2 aliphatic rings. The van der Waals surface area contributed by atoms with E-state index in [1.165, 1.54) is 16.7 Å². The summed E-state index contributed by atoms with van der Waals surface area (Å²) in [5.74, 6) is 0.684. The predicted octanol–water partition coefficient (Wildman–Crippen LogP) is 3.28. The summed E-state index contributed by atoms with van der Waals surface area (Å²) in [6.07, 6.45) is 4.10. The molecule has 96 valence electrons. The highest BCUT2D eigenvalue weighted by Crippen LogP contribution is 2.46. The van der Waals surface area contributed by atoms with Gasteiger partial charge in [0, 0.05) is 18.4 Å². The van der Waals surface area contributed by atoms with Crippen LogP contribution in [0.2, 0.25) is 0 Å². The third-order valence-electron chi connectivity index (χ3n) is 3.94. The first-order valence-electron chi connectivity index (χ1n) is 6.35. The summed E-state index contributed by atoms with van der Waals surface area (Å²) < 4.78 is 6.71. The van der Waals surface area contributed by atoms with Gasteiger partial charge in [-0.1, -0.05) is 0 Å². The molecule has 3 nitrogen and oxygen atoms in total. The van der Waals surface area contributed by atoms with E-state index in [1.54, 1.807) is 0 Å². The largest absolute Gasteiger partial charge is 0.492 e. The number of aliphatic carboxylic acids is 1. The highest BCUT2D eigenvalue weighted by atomic mass is 79.9. The molecule has 1 N–H and O–H groups in total. The molecule has 0 aromatic heterocycles. The average Bonchev–Trinajstić information content (AvgIpc) is 2.91. The fourth-order valence-corrected chi connectivity index (χ4v) is 3.82. The maximum absolute atomic E-state index is 10.7. The van der Waals surface area contributed by atoms with E-state index in [9.17, 15) is 4.79 Å². The Hall–Kier alpha value is -1.03. The summed E-state index contributed by atoms with van der Waals surface area (Å²) >= 11 is 3.56. The molecule has 1 aliphatic carbocycles. The zero-order chi connectivity index (χ0) is 12.7. The molecule has 4 heteroatoms. The minimum absolute atomic E-state index is 0.260. The van der Waals surface area contributed by atoms with E-state index in [4.69, 9.17) is 9.84 Å². The normalized spacial score (nSPS) is 20.4. The van der Waals surface area contributed by atoms with Crippen LogP contribution >= 0.6 is 15.9 Å². The summed E-state index contributed by atoms with van der Waals surface area (Å²) in [5, 5.41) is 8.83. The molecule has 18 heavy (non-hydrogen) atoms. The summed E-state index contributed by atoms with van der Waals surface area (Å²) in [6.45, 7) is 0.746. The first-order valence-corrected chi connectivity index (χ1v) is 7.15. The fourth-order valence-electron chi connectivity index (χ4n) is 3.19. The van der Waals surface area contributed by atoms with E-state index in [2.05, 4.69) is 22.0 Å². The van der Waals surface area contributed by atoms with Crippen LogP contribution in [0, 0.1) is 0 Å². The van der Waals surface area contributed by atoms with Crippen LogP contribution in [-0.2, 0) is 17.6 Å². The average molecular weight is 311 g/mol. The molecule has 1 heterocycles. The SMILES string of the molecule is O=C(O)CC[C@@H]1CCc2cc(Br)c3c(c21)CCO3. The van der Waals surface area contributed by atoms with Gasteiger partial charge in [0.25, 0.3) is 0 Å². The number of fused-ring (bicyclic) bond motifs is 3. The Bertz CT molecular complexity index is 510. The minimum Gasteiger partial charge on any atom is -0.492 e. The van der Waals surface area contributed by atoms with E-state index < -0.39 is 5.97 Å². The molecule has 1 aliphatic heterocycles. The summed E-state index contributed by atoms with van der Waals surface area (Å²) in [4.78, 5) is 10.7. The number of carboxylic acids is 1. The minimum atomic E-state index is -0.701. The fraction of sp³-hybridized carbons (Fsp3) is 0.500. The first kappa shape index (κ1) is 12.0. The van der Waals surface area contributed by atoms with Gasteiger partial charge in [-0.15, -0.1) is 0 Å². The molecular weight excluding hydrogens is 296 g/mol. The molecule has 0 unspecified atom stereocenters. The number of hydrogen-bond donors (Lipinski definition) is 1. The van der Waals surface area contributed by atoms with Crippen molar-refractivity contribution in [1.82, 2.24) is 0 Å². The number of carboxylic acid groups (broad SMARTS) is 1. The number of aryl methyl sites for hydroxylation is 1. The van der Waals surface area contributed by atoms with Crippen molar-refractivity contribution in [2.45, 2.75) is 38.0 Å². The standard InChI is InChI=1S/C14H15BrO3/c15-11-7-9-2-1-8(3-4-12(16)17)13(9)10-5-6-18-14(10)11/h7-8H,1-6H2,(H,16,17)/t8-/m0/s1. The Morgan fingerprint density at radius 2 is 2.33 bits per heavy atom. The number of benzene rings is 1. The number of carbonyl (C=O) groups is 1. The third-order valence-corrected chi connectivity index (χ3v) is 4.53. The lowest BCUT2D eigenvalue weighted by Crippen LogP contribution is -2.02. The monoisotopic (exact) mass is 310 g/mol. The van der Waals surface area contributed by atoms with Crippen molar-refractivity contribution in [3.05, 3.63) is 27.2 Å². The first-order chi connectivity index (χ1) is 8.66. The van der Waals surface area contributed by atoms with E-state index in [1.807, 2.05) is 0 Å². The Labute approximate surface area is 114 Å². The molecule has 1 aromatic carbocycles. The topological polar surface area (TPSA) is 46.5 Å². The van der Waals surface area contributed by atoms with Crippen LogP contribution in [0.5, 0.6) is 5.75 Å². The van der Waals surface area contributed by atoms with Crippen LogP contribution in [0.25, 0.3) is 0 Å². The van der Waals surface area contributed by atoms with Gasteiger partial charge in [0.2, 0.25) is 0 Å². The highest BCUT2D eigenvalue weighted by Gasteiger charge is 2.31. The number of halogens is 1. The number of hydrogen-bond acceptors (Lipinski definition) is 2. The number of rotatable bonds is 3. The Kier molecular flexibility index (Phi) is 3.06. The van der Waals surface area contributed by atoms with Crippen molar-refractivity contribution in [3.63, 3.8) is 0 Å². The van der Waals surface area contributed by atoms with E-state index in [0.29, 0.717) is 5.92 Å². The van der Waals surface area contributed by atoms with Crippen LogP contribution in [0.1, 0.15) is 41.9 Å². The van der Waals surface area contributed by atoms with Gasteiger partial charge in [0.15, 0.2) is 0 Å². The summed E-state index contributed by atoms with van der Waals surface area (Å²) in [5.41, 5.74) is 4.07. The lowest BCUT2D eigenvalue weighted by Gasteiger charge is -2.14. The Morgan fingerprint density at radius 3 is 3.11 bits per heavy atom. The maximum atomic E-state index is 10.7. The van der Waals surface area contributed by atoms with Crippen molar-refractivity contribution >= 4 is 21.9 Å². The summed E-state index contributed by atoms with van der Waals surface area (Å²) in [6, 6.07) is 2.15. The second-order valence-electron chi connectivity index (χ2n) is 5.01. The molecule has 3 rings (SSSR count). The lowest BCUT2D eigenvalue weighted by atomic mass is 9.91. The molecule has 0 saturated carbocycles. The second-order valence-corrected chi connectivity index (χ2v) is 5.86. The molecule has 1 aromatic rings. The van der Waals surface area contributed by atoms with Crippen molar-refractivity contribution in [2.24, 2.45) is 0 Å². The summed E-state index contributed by atoms with van der Waals surface area (Å²) in [7, 11) is 0. The van der Waals surface area contributed by atoms with E-state index in [0.717, 1.165) is 42.5 Å². The van der Waals surface area contributed by atoms with Crippen molar-refractivity contribution in [2.75, 3.05) is 6.61 Å². The molecule has 0 fully saturated rings. The maximum Gasteiger partial charge on any atom is 0.303 e. The van der Waals surface area contributed by atoms with E-state index in [-0.39, 0.29) is 6.42 Å². The molecule has 0 spiro atoms. The molecule has 0 saturated heterocycles. The van der Waals surface area contributed by atoms with Gasteiger partial charge in [-0.25, -0.2) is 0 Å². The van der Waals surface area contributed by atoms with Gasteiger partial charge in [0.05, 0.1) is 11.1 Å². The second kappa shape index (κ2) is 4.57. The highest BCUT2D eigenvalue weighted by molar-refractivity contribution is 9.10. The Morgan fingerprint density at radius 1 is 1.50 bits per heavy atom. The van der Waals surface area contributed by atoms with Crippen molar-refractivity contribution in [1.29, 1.82) is 0 Å².